The zero-order chi connectivity index (χ0) is 26.9. The van der Waals surface area contributed by atoms with E-state index >= 15 is 0 Å². The molecule has 0 radical (unpaired) electrons. The highest BCUT2D eigenvalue weighted by Crippen LogP contribution is 2.40. The summed E-state index contributed by atoms with van der Waals surface area (Å²) in [4.78, 5) is 13.8. The maximum absolute atomic E-state index is 13.8. The van der Waals surface area contributed by atoms with Crippen molar-refractivity contribution >= 4 is 11.0 Å². The predicted octanol–water partition coefficient (Wildman–Crippen LogP) is 0.673. The van der Waals surface area contributed by atoms with Crippen LogP contribution in [-0.2, 0) is 4.74 Å². The Labute approximate surface area is 211 Å². The van der Waals surface area contributed by atoms with E-state index in [1.807, 2.05) is 0 Å². The minimum atomic E-state index is -1.76. The van der Waals surface area contributed by atoms with Crippen LogP contribution in [0.1, 0.15) is 0 Å². The minimum absolute atomic E-state index is 0.0205. The molecule has 4 N–H and O–H groups in total. The number of methoxy groups -OCH3 is 4. The third-order valence-electron chi connectivity index (χ3n) is 6.07. The van der Waals surface area contributed by atoms with Gasteiger partial charge in [-0.25, -0.2) is 0 Å². The molecule has 2 heterocycles. The summed E-state index contributed by atoms with van der Waals surface area (Å²) in [6.07, 6.45) is -7.97. The van der Waals surface area contributed by atoms with E-state index in [9.17, 15) is 25.2 Å². The average Bonchev–Trinajstić information content (AvgIpc) is 2.93. The number of fused-ring (bicyclic) bond motifs is 1. The Hall–Kier alpha value is -3.55. The van der Waals surface area contributed by atoms with Gasteiger partial charge in [-0.15, -0.1) is 0 Å². The maximum atomic E-state index is 13.8. The summed E-state index contributed by atoms with van der Waals surface area (Å²) in [5.41, 5.74) is -0.215. The van der Waals surface area contributed by atoms with Crippen molar-refractivity contribution in [2.45, 2.75) is 30.7 Å². The molecule has 2 aromatic carbocycles. The number of benzene rings is 2. The van der Waals surface area contributed by atoms with Gasteiger partial charge in [0.15, 0.2) is 17.3 Å². The summed E-state index contributed by atoms with van der Waals surface area (Å²) >= 11 is 0. The van der Waals surface area contributed by atoms with Crippen LogP contribution in [0.5, 0.6) is 28.7 Å². The Morgan fingerprint density at radius 1 is 0.838 bits per heavy atom. The second kappa shape index (κ2) is 10.8. The second-order valence-electron chi connectivity index (χ2n) is 8.18. The largest absolute Gasteiger partial charge is 0.496 e. The van der Waals surface area contributed by atoms with Crippen LogP contribution in [0.4, 0.5) is 0 Å². The van der Waals surface area contributed by atoms with Gasteiger partial charge in [0, 0.05) is 17.7 Å². The fourth-order valence-electron chi connectivity index (χ4n) is 4.08. The Kier molecular flexibility index (Phi) is 7.76. The second-order valence-corrected chi connectivity index (χ2v) is 8.18. The molecule has 12 heteroatoms. The van der Waals surface area contributed by atoms with Gasteiger partial charge in [0.25, 0.3) is 0 Å². The van der Waals surface area contributed by atoms with Crippen molar-refractivity contribution in [3.05, 3.63) is 40.6 Å². The van der Waals surface area contributed by atoms with E-state index in [1.165, 1.54) is 40.6 Å². The van der Waals surface area contributed by atoms with E-state index in [1.54, 1.807) is 18.2 Å². The van der Waals surface area contributed by atoms with Gasteiger partial charge in [0.2, 0.25) is 17.5 Å². The van der Waals surface area contributed by atoms with Gasteiger partial charge in [-0.2, -0.15) is 0 Å². The van der Waals surface area contributed by atoms with E-state index < -0.39 is 42.7 Å². The smallest absolute Gasteiger partial charge is 0.239 e. The Bertz CT molecular complexity index is 1320. The van der Waals surface area contributed by atoms with E-state index in [2.05, 4.69) is 0 Å². The lowest BCUT2D eigenvalue weighted by molar-refractivity contribution is -0.277. The SMILES string of the molecule is COc1cc(OC)c2c(=O)c(O[C@@H]3OC(CO)[C@H](O)[C@H](O)C3O)c(-c3ccc(OC)c(OC)c3)oc2c1. The van der Waals surface area contributed by atoms with E-state index in [0.29, 0.717) is 22.8 Å². The van der Waals surface area contributed by atoms with E-state index in [4.69, 9.17) is 32.8 Å². The Morgan fingerprint density at radius 2 is 1.54 bits per heavy atom. The molecule has 1 aliphatic rings. The van der Waals surface area contributed by atoms with E-state index in [-0.39, 0.29) is 28.2 Å². The molecule has 4 rings (SSSR count). The van der Waals surface area contributed by atoms with Crippen LogP contribution in [0.25, 0.3) is 22.3 Å². The van der Waals surface area contributed by atoms with Gasteiger partial charge in [-0.1, -0.05) is 0 Å². The van der Waals surface area contributed by atoms with Crippen molar-refractivity contribution in [1.82, 2.24) is 0 Å². The van der Waals surface area contributed by atoms with Crippen LogP contribution < -0.4 is 29.1 Å². The summed E-state index contributed by atoms with van der Waals surface area (Å²) < 4.78 is 38.7. The lowest BCUT2D eigenvalue weighted by Gasteiger charge is -2.39. The van der Waals surface area contributed by atoms with Crippen LogP contribution in [-0.4, -0.2) is 86.2 Å². The Morgan fingerprint density at radius 3 is 2.16 bits per heavy atom. The fraction of sp³-hybridized carbons (Fsp3) is 0.400. The van der Waals surface area contributed by atoms with Crippen molar-refractivity contribution in [3.8, 4) is 40.1 Å². The van der Waals surface area contributed by atoms with Gasteiger partial charge >= 0.3 is 0 Å². The molecule has 3 aromatic rings. The highest BCUT2D eigenvalue weighted by Gasteiger charge is 2.45. The molecule has 1 aromatic heterocycles. The predicted molar refractivity (Wildman–Crippen MR) is 129 cm³/mol. The summed E-state index contributed by atoms with van der Waals surface area (Å²) in [6, 6.07) is 7.75. The molecule has 200 valence electrons. The summed E-state index contributed by atoms with van der Waals surface area (Å²) in [7, 11) is 5.73. The van der Waals surface area contributed by atoms with Crippen molar-refractivity contribution in [1.29, 1.82) is 0 Å². The topological polar surface area (TPSA) is 167 Å². The molecule has 0 saturated carbocycles. The third-order valence-corrected chi connectivity index (χ3v) is 6.07. The first-order valence-electron chi connectivity index (χ1n) is 11.2. The van der Waals surface area contributed by atoms with Crippen LogP contribution in [0.2, 0.25) is 0 Å². The third kappa shape index (κ3) is 4.77. The number of ether oxygens (including phenoxy) is 6. The van der Waals surface area contributed by atoms with Crippen LogP contribution in [0.3, 0.4) is 0 Å². The van der Waals surface area contributed by atoms with Gasteiger partial charge in [-0.05, 0) is 18.2 Å². The molecular formula is C25H28O12. The van der Waals surface area contributed by atoms with Crippen molar-refractivity contribution < 1.29 is 53.3 Å². The van der Waals surface area contributed by atoms with Gasteiger partial charge in [-0.3, -0.25) is 4.79 Å². The first-order chi connectivity index (χ1) is 17.8. The van der Waals surface area contributed by atoms with Gasteiger partial charge < -0.3 is 53.3 Å². The van der Waals surface area contributed by atoms with Crippen molar-refractivity contribution in [2.24, 2.45) is 0 Å². The zero-order valence-corrected chi connectivity index (χ0v) is 20.5. The molecule has 0 aliphatic carbocycles. The first kappa shape index (κ1) is 26.5. The molecular weight excluding hydrogens is 492 g/mol. The molecule has 0 bridgehead atoms. The fourth-order valence-corrected chi connectivity index (χ4v) is 4.08. The van der Waals surface area contributed by atoms with Crippen molar-refractivity contribution in [3.63, 3.8) is 0 Å². The molecule has 1 saturated heterocycles. The van der Waals surface area contributed by atoms with Crippen LogP contribution in [0, 0.1) is 0 Å². The molecule has 5 atom stereocenters. The summed E-state index contributed by atoms with van der Waals surface area (Å²) in [5, 5.41) is 40.4. The van der Waals surface area contributed by atoms with Crippen LogP contribution in [0.15, 0.2) is 39.5 Å². The lowest BCUT2D eigenvalue weighted by Crippen LogP contribution is -2.60. The molecule has 0 spiro atoms. The molecule has 0 amide bonds. The lowest BCUT2D eigenvalue weighted by atomic mass is 9.99. The minimum Gasteiger partial charge on any atom is -0.496 e. The average molecular weight is 520 g/mol. The highest BCUT2D eigenvalue weighted by molar-refractivity contribution is 5.88. The molecule has 1 aliphatic heterocycles. The van der Waals surface area contributed by atoms with Gasteiger partial charge in [0.05, 0.1) is 35.0 Å². The molecule has 37 heavy (non-hydrogen) atoms. The first-order valence-corrected chi connectivity index (χ1v) is 11.2. The zero-order valence-electron chi connectivity index (χ0n) is 20.5. The van der Waals surface area contributed by atoms with E-state index in [0.717, 1.165) is 0 Å². The molecule has 2 unspecified atom stereocenters. The number of aliphatic hydroxyl groups is 4. The maximum Gasteiger partial charge on any atom is 0.239 e. The Balaban J connectivity index is 1.95. The summed E-state index contributed by atoms with van der Waals surface area (Å²) in [5.74, 6) is 0.825. The quantitative estimate of drug-likeness (QED) is 0.328. The number of hydrogen-bond acceptors (Lipinski definition) is 12. The highest BCUT2D eigenvalue weighted by atomic mass is 16.7. The summed E-state index contributed by atoms with van der Waals surface area (Å²) in [6.45, 7) is -0.673. The van der Waals surface area contributed by atoms with Gasteiger partial charge in [0.1, 0.15) is 46.9 Å². The number of hydrogen-bond donors (Lipinski definition) is 4. The number of aliphatic hydroxyl groups excluding tert-OH is 4. The molecule has 1 fully saturated rings. The van der Waals surface area contributed by atoms with Crippen molar-refractivity contribution in [2.75, 3.05) is 35.0 Å². The normalized spacial score (nSPS) is 23.5. The van der Waals surface area contributed by atoms with Crippen LogP contribution >= 0.6 is 0 Å². The number of rotatable bonds is 8. The molecule has 12 nitrogen and oxygen atoms in total. The standard InChI is InChI=1S/C25H28O12/c1-31-12-8-15(34-4)18-16(9-12)35-23(11-5-6-13(32-2)14(7-11)33-3)24(20(18)28)37-25-22(30)21(29)19(27)17(10-26)36-25/h5-9,17,19,21-22,25-27,29-30H,10H2,1-4H3/t17?,19-,21-,22?,25-/m0/s1. The monoisotopic (exact) mass is 520 g/mol.